The van der Waals surface area contributed by atoms with Crippen LogP contribution in [0.3, 0.4) is 0 Å². The predicted molar refractivity (Wildman–Crippen MR) is 63.2 cm³/mol. The summed E-state index contributed by atoms with van der Waals surface area (Å²) in [4.78, 5) is 18.0. The zero-order chi connectivity index (χ0) is 11.5. The van der Waals surface area contributed by atoms with Crippen LogP contribution in [0.25, 0.3) is 11.0 Å². The van der Waals surface area contributed by atoms with Crippen molar-refractivity contribution in [2.24, 2.45) is 0 Å². The number of H-pyrrole nitrogens is 1. The minimum atomic E-state index is -0.450. The van der Waals surface area contributed by atoms with Crippen LogP contribution in [0.2, 0.25) is 0 Å². The number of aromatic amines is 1. The summed E-state index contributed by atoms with van der Waals surface area (Å²) in [5.41, 5.74) is 1.46. The second-order valence-electron chi connectivity index (χ2n) is 3.06. The van der Waals surface area contributed by atoms with Gasteiger partial charge in [-0.05, 0) is 12.1 Å². The van der Waals surface area contributed by atoms with Crippen LogP contribution in [0.4, 0.5) is 0 Å². The van der Waals surface area contributed by atoms with E-state index in [1.807, 2.05) is 0 Å². The minimum absolute atomic E-state index is 0. The number of methoxy groups -OCH3 is 1. The molecule has 5 nitrogen and oxygen atoms in total. The molecule has 0 spiro atoms. The van der Waals surface area contributed by atoms with Crippen LogP contribution in [0.5, 0.6) is 11.8 Å². The third-order valence-electron chi connectivity index (χ3n) is 2.01. The van der Waals surface area contributed by atoms with Gasteiger partial charge < -0.3 is 15.9 Å². The van der Waals surface area contributed by atoms with E-state index in [0.717, 1.165) is 5.52 Å². The van der Waals surface area contributed by atoms with Gasteiger partial charge in [0.1, 0.15) is 5.75 Å². The van der Waals surface area contributed by atoms with Crippen molar-refractivity contribution >= 4 is 29.6 Å². The maximum atomic E-state index is 11.0. The topological polar surface area (TPSA) is 64.2 Å². The molecule has 0 atom stereocenters. The fraction of sp³-hybridized carbons (Fsp3) is 0.200. The number of thiol groups is 1. The Labute approximate surface area is 148 Å². The second kappa shape index (κ2) is 6.77. The molecule has 0 saturated heterocycles. The third-order valence-corrected chi connectivity index (χ3v) is 2.27. The first kappa shape index (κ1) is 15.0. The first-order chi connectivity index (χ1) is 7.72. The van der Waals surface area contributed by atoms with Crippen molar-refractivity contribution in [2.75, 3.05) is 12.9 Å². The summed E-state index contributed by atoms with van der Waals surface area (Å²) in [6, 6.07) is 5.51. The van der Waals surface area contributed by atoms with Gasteiger partial charge in [-0.2, -0.15) is 17.6 Å². The Hall–Kier alpha value is -0.0536. The van der Waals surface area contributed by atoms with Crippen LogP contribution in [-0.2, 0) is 4.79 Å². The number of esters is 1. The summed E-state index contributed by atoms with van der Waals surface area (Å²) in [5, 5.41) is 0. The van der Waals surface area contributed by atoms with Gasteiger partial charge in [0.2, 0.25) is 0 Å². The standard InChI is InChI=1S/C10H10N2O3S.K.H/c1-14-6-2-3-7-8(4-6)12-10(11-7)15-9(13)5-16;;/h2-4,16H,5H2,1H3,(H,11,12);;/q;+1;-1. The quantitative estimate of drug-likeness (QED) is 0.408. The molecule has 0 radical (unpaired) electrons. The van der Waals surface area contributed by atoms with Crippen LogP contribution in [0.15, 0.2) is 18.2 Å². The van der Waals surface area contributed by atoms with E-state index in [9.17, 15) is 4.79 Å². The molecule has 2 rings (SSSR count). The molecule has 0 aliphatic carbocycles. The number of hydrogen-bond donors (Lipinski definition) is 2. The molecule has 7 heteroatoms. The number of benzene rings is 1. The molecule has 0 aliphatic heterocycles. The molecule has 0 bridgehead atoms. The zero-order valence-electron chi connectivity index (χ0n) is 10.6. The van der Waals surface area contributed by atoms with Crippen molar-refractivity contribution in [3.63, 3.8) is 0 Å². The fourth-order valence-electron chi connectivity index (χ4n) is 1.28. The van der Waals surface area contributed by atoms with Gasteiger partial charge in [-0.25, -0.2) is 0 Å². The van der Waals surface area contributed by atoms with Crippen LogP contribution in [0, 0.1) is 0 Å². The Bertz CT molecular complexity index is 535. The normalized spacial score (nSPS) is 9.76. The summed E-state index contributed by atoms with van der Waals surface area (Å²) in [6.45, 7) is 0. The van der Waals surface area contributed by atoms with Gasteiger partial charge in [-0.15, -0.1) is 0 Å². The number of fused-ring (bicyclic) bond motifs is 1. The molecular weight excluding hydrogens is 267 g/mol. The van der Waals surface area contributed by atoms with Gasteiger partial charge in [0.15, 0.2) is 0 Å². The van der Waals surface area contributed by atoms with Crippen molar-refractivity contribution in [3.8, 4) is 11.8 Å². The summed E-state index contributed by atoms with van der Waals surface area (Å²) in [7, 11) is 1.58. The summed E-state index contributed by atoms with van der Waals surface area (Å²) < 4.78 is 9.97. The third kappa shape index (κ3) is 3.70. The number of rotatable bonds is 3. The molecule has 2 aromatic rings. The van der Waals surface area contributed by atoms with Crippen LogP contribution < -0.4 is 60.9 Å². The number of carbonyl (C=O) groups is 1. The predicted octanol–water partition coefficient (Wildman–Crippen LogP) is -1.48. The Morgan fingerprint density at radius 3 is 3.00 bits per heavy atom. The molecule has 0 aliphatic rings. The summed E-state index contributed by atoms with van der Waals surface area (Å²) in [5.74, 6) is 0.276. The largest absolute Gasteiger partial charge is 1.00 e. The first-order valence-electron chi connectivity index (χ1n) is 4.58. The zero-order valence-corrected chi connectivity index (χ0v) is 13.6. The molecular formula is C10H11KN2O3S. The summed E-state index contributed by atoms with van der Waals surface area (Å²) in [6.07, 6.45) is 0. The van der Waals surface area contributed by atoms with E-state index in [0.29, 0.717) is 11.3 Å². The van der Waals surface area contributed by atoms with Crippen molar-refractivity contribution in [3.05, 3.63) is 18.2 Å². The molecule has 0 amide bonds. The Balaban J connectivity index is 0.00000144. The number of nitrogens with zero attached hydrogens (tertiary/aromatic N) is 1. The van der Waals surface area contributed by atoms with E-state index < -0.39 is 5.97 Å². The number of imidazole rings is 1. The smallest absolute Gasteiger partial charge is 1.00 e. The van der Waals surface area contributed by atoms with E-state index >= 15 is 0 Å². The first-order valence-corrected chi connectivity index (χ1v) is 5.21. The van der Waals surface area contributed by atoms with E-state index in [2.05, 4.69) is 22.6 Å². The molecule has 0 unspecified atom stereocenters. The molecule has 1 N–H and O–H groups in total. The average Bonchev–Trinajstić information content (AvgIpc) is 2.69. The fourth-order valence-corrected chi connectivity index (χ4v) is 1.35. The Kier molecular flexibility index (Phi) is 5.97. The number of ether oxygens (including phenoxy) is 2. The van der Waals surface area contributed by atoms with Gasteiger partial charge in [0, 0.05) is 6.07 Å². The number of nitrogens with one attached hydrogen (secondary N) is 1. The molecule has 1 heterocycles. The van der Waals surface area contributed by atoms with E-state index in [1.54, 1.807) is 25.3 Å². The number of carbonyl (C=O) groups excluding carboxylic acids is 1. The van der Waals surface area contributed by atoms with E-state index in [-0.39, 0.29) is 64.6 Å². The Morgan fingerprint density at radius 2 is 2.35 bits per heavy atom. The molecule has 86 valence electrons. The van der Waals surface area contributed by atoms with Crippen LogP contribution >= 0.6 is 12.6 Å². The van der Waals surface area contributed by atoms with Crippen LogP contribution in [-0.4, -0.2) is 28.8 Å². The van der Waals surface area contributed by atoms with Gasteiger partial charge in [0.05, 0.1) is 23.9 Å². The van der Waals surface area contributed by atoms with Gasteiger partial charge in [0.25, 0.3) is 0 Å². The molecule has 0 fully saturated rings. The van der Waals surface area contributed by atoms with E-state index in [1.165, 1.54) is 0 Å². The van der Waals surface area contributed by atoms with Crippen molar-refractivity contribution < 1.29 is 67.1 Å². The monoisotopic (exact) mass is 278 g/mol. The molecule has 17 heavy (non-hydrogen) atoms. The van der Waals surface area contributed by atoms with Gasteiger partial charge in [-0.1, -0.05) is 0 Å². The average molecular weight is 278 g/mol. The second-order valence-corrected chi connectivity index (χ2v) is 3.37. The van der Waals surface area contributed by atoms with Gasteiger partial charge in [-0.3, -0.25) is 4.79 Å². The Morgan fingerprint density at radius 1 is 1.59 bits per heavy atom. The summed E-state index contributed by atoms with van der Waals surface area (Å²) >= 11 is 3.80. The molecule has 1 aromatic carbocycles. The SMILES string of the molecule is COc1ccc2nc(OC(=O)CS)[nH]c2c1.[H-].[K+]. The van der Waals surface area contributed by atoms with E-state index in [4.69, 9.17) is 9.47 Å². The van der Waals surface area contributed by atoms with Crippen LogP contribution in [0.1, 0.15) is 1.43 Å². The van der Waals surface area contributed by atoms with Crippen molar-refractivity contribution in [1.82, 2.24) is 9.97 Å². The maximum absolute atomic E-state index is 11.0. The maximum Gasteiger partial charge on any atom is 1.00 e. The number of hydrogen-bond acceptors (Lipinski definition) is 5. The number of aromatic nitrogens is 2. The van der Waals surface area contributed by atoms with Crippen molar-refractivity contribution in [2.45, 2.75) is 0 Å². The minimum Gasteiger partial charge on any atom is -1.00 e. The molecule has 1 aromatic heterocycles. The van der Waals surface area contributed by atoms with Crippen molar-refractivity contribution in [1.29, 1.82) is 0 Å². The van der Waals surface area contributed by atoms with Gasteiger partial charge >= 0.3 is 63.4 Å². The molecule has 0 saturated carbocycles.